The fourth-order valence-electron chi connectivity index (χ4n) is 3.81. The molecular weight excluding hydrogens is 310 g/mol. The number of nitrogens with one attached hydrogen (secondary N) is 1. The van der Waals surface area contributed by atoms with Crippen LogP contribution in [0.3, 0.4) is 0 Å². The zero-order valence-corrected chi connectivity index (χ0v) is 16.1. The number of benzene rings is 1. The Bertz CT molecular complexity index is 589. The fourth-order valence-corrected chi connectivity index (χ4v) is 3.81. The summed E-state index contributed by atoms with van der Waals surface area (Å²) >= 11 is 0. The molecule has 3 rings (SSSR count). The van der Waals surface area contributed by atoms with Crippen LogP contribution in [0.2, 0.25) is 0 Å². The summed E-state index contributed by atoms with van der Waals surface area (Å²) in [5.41, 5.74) is 2.72. The Kier molecular flexibility index (Phi) is 5.80. The van der Waals surface area contributed by atoms with Crippen molar-refractivity contribution < 1.29 is 4.79 Å². The van der Waals surface area contributed by atoms with Gasteiger partial charge in [-0.05, 0) is 57.7 Å². The molecule has 1 aliphatic carbocycles. The quantitative estimate of drug-likeness (QED) is 0.827. The van der Waals surface area contributed by atoms with Crippen molar-refractivity contribution in [2.75, 3.05) is 33.2 Å². The first kappa shape index (κ1) is 18.4. The van der Waals surface area contributed by atoms with Gasteiger partial charge in [0, 0.05) is 44.2 Å². The Morgan fingerprint density at radius 3 is 2.52 bits per heavy atom. The lowest BCUT2D eigenvalue weighted by Crippen LogP contribution is -2.48. The van der Waals surface area contributed by atoms with Crippen LogP contribution in [-0.4, -0.2) is 60.5 Å². The van der Waals surface area contributed by atoms with Crippen molar-refractivity contribution in [3.63, 3.8) is 0 Å². The number of nitrogens with zero attached hydrogens (tertiary/aromatic N) is 2. The molecule has 1 heterocycles. The van der Waals surface area contributed by atoms with Crippen LogP contribution in [0.15, 0.2) is 24.3 Å². The van der Waals surface area contributed by atoms with Crippen LogP contribution in [0, 0.1) is 6.92 Å². The molecule has 4 nitrogen and oxygen atoms in total. The smallest absolute Gasteiger partial charge is 0.220 e. The van der Waals surface area contributed by atoms with Crippen LogP contribution in [0.4, 0.5) is 0 Å². The molecule has 2 fully saturated rings. The Hall–Kier alpha value is -1.39. The first-order chi connectivity index (χ1) is 12.0. The highest BCUT2D eigenvalue weighted by Crippen LogP contribution is 2.39. The zero-order chi connectivity index (χ0) is 17.9. The SMILES string of the molecule is Cc1ccccc1CC1(NC(=O)CC[C@H](C)N2CCN(C)CC2)CC1. The summed E-state index contributed by atoms with van der Waals surface area (Å²) in [4.78, 5) is 17.4. The van der Waals surface area contributed by atoms with Gasteiger partial charge in [0.1, 0.15) is 0 Å². The molecule has 1 atom stereocenters. The molecular formula is C21H33N3O. The summed E-state index contributed by atoms with van der Waals surface area (Å²) in [5, 5.41) is 3.34. The minimum absolute atomic E-state index is 0.0280. The molecule has 2 aliphatic rings. The fraction of sp³-hybridized carbons (Fsp3) is 0.667. The van der Waals surface area contributed by atoms with E-state index in [9.17, 15) is 4.79 Å². The second-order valence-electron chi connectivity index (χ2n) is 8.16. The van der Waals surface area contributed by atoms with Gasteiger partial charge >= 0.3 is 0 Å². The van der Waals surface area contributed by atoms with Crippen LogP contribution in [0.25, 0.3) is 0 Å². The van der Waals surface area contributed by atoms with E-state index in [4.69, 9.17) is 0 Å². The minimum atomic E-state index is 0.0280. The van der Waals surface area contributed by atoms with Crippen molar-refractivity contribution in [3.8, 4) is 0 Å². The number of piperazine rings is 1. The van der Waals surface area contributed by atoms with Crippen molar-refractivity contribution in [1.82, 2.24) is 15.1 Å². The third-order valence-corrected chi connectivity index (χ3v) is 6.00. The van der Waals surface area contributed by atoms with Gasteiger partial charge in [-0.3, -0.25) is 9.69 Å². The van der Waals surface area contributed by atoms with E-state index in [-0.39, 0.29) is 11.4 Å². The van der Waals surface area contributed by atoms with E-state index in [0.29, 0.717) is 12.5 Å². The zero-order valence-electron chi connectivity index (χ0n) is 16.1. The standard InChI is InChI=1S/C21H33N3O/c1-17-6-4-5-7-19(17)16-21(10-11-21)22-20(25)9-8-18(2)24-14-12-23(3)13-15-24/h4-7,18H,8-16H2,1-3H3,(H,22,25)/t18-/m0/s1. The van der Waals surface area contributed by atoms with Crippen LogP contribution in [0.1, 0.15) is 43.7 Å². The number of likely N-dealkylation sites (N-methyl/N-ethyl adjacent to an activating group) is 1. The number of amides is 1. The molecule has 1 amide bonds. The van der Waals surface area contributed by atoms with Gasteiger partial charge in [0.15, 0.2) is 0 Å². The molecule has 1 aromatic rings. The average Bonchev–Trinajstić information content (AvgIpc) is 3.34. The number of rotatable bonds is 7. The molecule has 138 valence electrons. The summed E-state index contributed by atoms with van der Waals surface area (Å²) in [5.74, 6) is 0.229. The summed E-state index contributed by atoms with van der Waals surface area (Å²) in [7, 11) is 2.18. The van der Waals surface area contributed by atoms with Gasteiger partial charge in [-0.25, -0.2) is 0 Å². The van der Waals surface area contributed by atoms with Crippen molar-refractivity contribution >= 4 is 5.91 Å². The highest BCUT2D eigenvalue weighted by molar-refractivity contribution is 5.77. The van der Waals surface area contributed by atoms with Gasteiger partial charge < -0.3 is 10.2 Å². The number of aryl methyl sites for hydroxylation is 1. The van der Waals surface area contributed by atoms with Gasteiger partial charge in [-0.15, -0.1) is 0 Å². The van der Waals surface area contributed by atoms with E-state index in [1.54, 1.807) is 0 Å². The predicted molar refractivity (Wildman–Crippen MR) is 103 cm³/mol. The van der Waals surface area contributed by atoms with Crippen molar-refractivity contribution in [2.24, 2.45) is 0 Å². The number of carbonyl (C=O) groups is 1. The monoisotopic (exact) mass is 343 g/mol. The van der Waals surface area contributed by atoms with Crippen LogP contribution in [0.5, 0.6) is 0 Å². The first-order valence-electron chi connectivity index (χ1n) is 9.76. The molecule has 1 aromatic carbocycles. The minimum Gasteiger partial charge on any atom is -0.350 e. The van der Waals surface area contributed by atoms with E-state index >= 15 is 0 Å². The van der Waals surface area contributed by atoms with Crippen molar-refractivity contribution in [2.45, 2.75) is 57.5 Å². The van der Waals surface area contributed by atoms with E-state index < -0.39 is 0 Å². The molecule has 0 spiro atoms. The molecule has 0 aromatic heterocycles. The van der Waals surface area contributed by atoms with Gasteiger partial charge in [-0.2, -0.15) is 0 Å². The van der Waals surface area contributed by atoms with E-state index in [0.717, 1.165) is 51.9 Å². The lowest BCUT2D eigenvalue weighted by atomic mass is 9.99. The predicted octanol–water partition coefficient (Wildman–Crippen LogP) is 2.60. The number of carbonyl (C=O) groups excluding carboxylic acids is 1. The Labute approximate surface area is 152 Å². The van der Waals surface area contributed by atoms with Crippen LogP contribution < -0.4 is 5.32 Å². The molecule has 1 saturated heterocycles. The van der Waals surface area contributed by atoms with Gasteiger partial charge in [0.2, 0.25) is 5.91 Å². The summed E-state index contributed by atoms with van der Waals surface area (Å²) in [6.07, 6.45) is 4.79. The second-order valence-corrected chi connectivity index (χ2v) is 8.16. The largest absolute Gasteiger partial charge is 0.350 e. The van der Waals surface area contributed by atoms with E-state index in [1.807, 2.05) is 0 Å². The maximum Gasteiger partial charge on any atom is 0.220 e. The Balaban J connectivity index is 1.44. The van der Waals surface area contributed by atoms with Gasteiger partial charge in [0.25, 0.3) is 0 Å². The van der Waals surface area contributed by atoms with E-state index in [2.05, 4.69) is 60.3 Å². The third-order valence-electron chi connectivity index (χ3n) is 6.00. The van der Waals surface area contributed by atoms with Gasteiger partial charge in [0.05, 0.1) is 0 Å². The highest BCUT2D eigenvalue weighted by atomic mass is 16.1. The summed E-state index contributed by atoms with van der Waals surface area (Å²) in [6.45, 7) is 8.93. The summed E-state index contributed by atoms with van der Waals surface area (Å²) in [6, 6.07) is 9.02. The molecule has 4 heteroatoms. The number of hydrogen-bond donors (Lipinski definition) is 1. The van der Waals surface area contributed by atoms with E-state index in [1.165, 1.54) is 11.1 Å². The molecule has 1 aliphatic heterocycles. The molecule has 1 saturated carbocycles. The Morgan fingerprint density at radius 1 is 1.20 bits per heavy atom. The Morgan fingerprint density at radius 2 is 1.88 bits per heavy atom. The highest BCUT2D eigenvalue weighted by Gasteiger charge is 2.43. The topological polar surface area (TPSA) is 35.6 Å². The average molecular weight is 344 g/mol. The maximum absolute atomic E-state index is 12.5. The van der Waals surface area contributed by atoms with Crippen molar-refractivity contribution in [3.05, 3.63) is 35.4 Å². The first-order valence-corrected chi connectivity index (χ1v) is 9.76. The lowest BCUT2D eigenvalue weighted by molar-refractivity contribution is -0.122. The van der Waals surface area contributed by atoms with Crippen LogP contribution >= 0.6 is 0 Å². The lowest BCUT2D eigenvalue weighted by Gasteiger charge is -2.36. The van der Waals surface area contributed by atoms with Gasteiger partial charge in [-0.1, -0.05) is 24.3 Å². The normalized spacial score (nSPS) is 21.7. The molecule has 25 heavy (non-hydrogen) atoms. The maximum atomic E-state index is 12.5. The summed E-state index contributed by atoms with van der Waals surface area (Å²) < 4.78 is 0. The van der Waals surface area contributed by atoms with Crippen molar-refractivity contribution in [1.29, 1.82) is 0 Å². The molecule has 0 radical (unpaired) electrons. The molecule has 1 N–H and O–H groups in total. The number of hydrogen-bond acceptors (Lipinski definition) is 3. The third kappa shape index (κ3) is 5.05. The molecule has 0 unspecified atom stereocenters. The molecule has 0 bridgehead atoms. The van der Waals surface area contributed by atoms with Crippen LogP contribution in [-0.2, 0) is 11.2 Å². The second kappa shape index (κ2) is 7.88.